The van der Waals surface area contributed by atoms with Gasteiger partial charge in [0.25, 0.3) is 5.78 Å². The van der Waals surface area contributed by atoms with Gasteiger partial charge in [-0.2, -0.15) is 0 Å². The van der Waals surface area contributed by atoms with E-state index in [1.54, 1.807) is 0 Å². The zero-order valence-corrected chi connectivity index (χ0v) is 10.2. The van der Waals surface area contributed by atoms with Gasteiger partial charge in [0.1, 0.15) is 6.10 Å². The highest BCUT2D eigenvalue weighted by molar-refractivity contribution is 6.58. The maximum absolute atomic E-state index is 11.6. The van der Waals surface area contributed by atoms with Gasteiger partial charge in [0, 0.05) is 0 Å². The zero-order valence-electron chi connectivity index (χ0n) is 10.2. The lowest BCUT2D eigenvalue weighted by Crippen LogP contribution is -2.54. The van der Waals surface area contributed by atoms with Crippen LogP contribution in [0.3, 0.4) is 0 Å². The predicted octanol–water partition coefficient (Wildman–Crippen LogP) is -0.191. The molecule has 1 fully saturated rings. The Balaban J connectivity index is 2.98. The Bertz CT molecular complexity index is 408. The fourth-order valence-electron chi connectivity index (χ4n) is 2.06. The van der Waals surface area contributed by atoms with E-state index in [0.29, 0.717) is 6.42 Å². The van der Waals surface area contributed by atoms with Gasteiger partial charge in [-0.25, -0.2) is 0 Å². The third kappa shape index (κ3) is 2.43. The van der Waals surface area contributed by atoms with E-state index in [9.17, 15) is 24.0 Å². The van der Waals surface area contributed by atoms with Gasteiger partial charge in [-0.3, -0.25) is 24.0 Å². The van der Waals surface area contributed by atoms with Crippen LogP contribution < -0.4 is 0 Å². The van der Waals surface area contributed by atoms with Gasteiger partial charge >= 0.3 is 0 Å². The molecule has 6 nitrogen and oxygen atoms in total. The number of hydrogen-bond acceptors (Lipinski definition) is 6. The van der Waals surface area contributed by atoms with Crippen LogP contribution in [0.4, 0.5) is 0 Å². The highest BCUT2D eigenvalue weighted by atomic mass is 16.5. The molecule has 0 radical (unpaired) electrons. The van der Waals surface area contributed by atoms with Gasteiger partial charge in [-0.05, 0) is 33.1 Å². The van der Waals surface area contributed by atoms with Crippen LogP contribution >= 0.6 is 0 Å². The molecule has 0 amide bonds. The van der Waals surface area contributed by atoms with Gasteiger partial charge in [0.2, 0.25) is 5.78 Å². The molecule has 0 bridgehead atoms. The summed E-state index contributed by atoms with van der Waals surface area (Å²) < 4.78 is 5.25. The molecule has 0 saturated carbocycles. The first-order valence-electron chi connectivity index (χ1n) is 5.58. The smallest absolute Gasteiger partial charge is 0.263 e. The van der Waals surface area contributed by atoms with E-state index >= 15 is 0 Å². The molecule has 1 saturated heterocycles. The minimum absolute atomic E-state index is 0.0937. The first-order valence-corrected chi connectivity index (χ1v) is 5.58. The Kier molecular flexibility index (Phi) is 4.24. The fourth-order valence-corrected chi connectivity index (χ4v) is 2.06. The second-order valence-corrected chi connectivity index (χ2v) is 4.28. The van der Waals surface area contributed by atoms with Gasteiger partial charge in [-0.15, -0.1) is 0 Å². The number of rotatable bonds is 5. The third-order valence-corrected chi connectivity index (χ3v) is 3.12. The molecule has 6 heteroatoms. The molecular formula is C12H14O6. The molecule has 0 N–H and O–H groups in total. The zero-order chi connectivity index (χ0) is 13.9. The molecule has 0 spiro atoms. The molecule has 0 aliphatic carbocycles. The van der Waals surface area contributed by atoms with Crippen molar-refractivity contribution in [3.05, 3.63) is 0 Å². The maximum atomic E-state index is 11.6. The number of carbonyl (C=O) groups excluding carboxylic acids is 5. The Labute approximate surface area is 104 Å². The summed E-state index contributed by atoms with van der Waals surface area (Å²) in [5.41, 5.74) is -1.65. The molecule has 0 aromatic heterocycles. The SMILES string of the molecule is CC(=O)C1(C(C)=O)CCCC(C(=O)C(=O)C=O)O1. The van der Waals surface area contributed by atoms with Crippen LogP contribution in [0, 0.1) is 0 Å². The Hall–Kier alpha value is -1.69. The predicted molar refractivity (Wildman–Crippen MR) is 58.9 cm³/mol. The number of Topliss-reactive ketones (excluding diaryl/α,β-unsaturated/α-hetero) is 4. The minimum Gasteiger partial charge on any atom is -0.348 e. The van der Waals surface area contributed by atoms with Crippen molar-refractivity contribution in [3.63, 3.8) is 0 Å². The van der Waals surface area contributed by atoms with E-state index in [0.717, 1.165) is 0 Å². The molecule has 1 heterocycles. The van der Waals surface area contributed by atoms with Crippen molar-refractivity contribution in [2.45, 2.75) is 44.8 Å². The van der Waals surface area contributed by atoms with Crippen molar-refractivity contribution in [2.24, 2.45) is 0 Å². The molecule has 98 valence electrons. The largest absolute Gasteiger partial charge is 0.348 e. The lowest BCUT2D eigenvalue weighted by molar-refractivity contribution is -0.176. The summed E-state index contributed by atoms with van der Waals surface area (Å²) in [5, 5.41) is 0. The van der Waals surface area contributed by atoms with Crippen molar-refractivity contribution in [3.8, 4) is 0 Å². The highest BCUT2D eigenvalue weighted by Gasteiger charge is 2.48. The topological polar surface area (TPSA) is 94.6 Å². The van der Waals surface area contributed by atoms with E-state index in [1.807, 2.05) is 0 Å². The van der Waals surface area contributed by atoms with Crippen molar-refractivity contribution < 1.29 is 28.7 Å². The Morgan fingerprint density at radius 1 is 1.17 bits per heavy atom. The quantitative estimate of drug-likeness (QED) is 0.383. The summed E-state index contributed by atoms with van der Waals surface area (Å²) >= 11 is 0. The molecule has 1 aliphatic rings. The van der Waals surface area contributed by atoms with Crippen LogP contribution in [-0.4, -0.2) is 41.1 Å². The van der Waals surface area contributed by atoms with Gasteiger partial charge in [0.05, 0.1) is 0 Å². The molecule has 0 aromatic carbocycles. The van der Waals surface area contributed by atoms with Crippen molar-refractivity contribution >= 4 is 29.4 Å². The normalized spacial score (nSPS) is 22.0. The summed E-state index contributed by atoms with van der Waals surface area (Å²) in [6, 6.07) is 0. The molecule has 0 aromatic rings. The standard InChI is InChI=1S/C12H14O6/c1-7(14)12(8(2)15)5-3-4-10(18-12)11(17)9(16)6-13/h6,10H,3-5H2,1-2H3. The minimum atomic E-state index is -1.65. The summed E-state index contributed by atoms with van der Waals surface area (Å²) in [5.74, 6) is -3.20. The summed E-state index contributed by atoms with van der Waals surface area (Å²) in [6.07, 6.45) is -0.466. The molecular weight excluding hydrogens is 240 g/mol. The molecule has 18 heavy (non-hydrogen) atoms. The second-order valence-electron chi connectivity index (χ2n) is 4.28. The number of carbonyl (C=O) groups is 5. The lowest BCUT2D eigenvalue weighted by Gasteiger charge is -2.36. The molecule has 1 atom stereocenters. The molecule has 1 unspecified atom stereocenters. The third-order valence-electron chi connectivity index (χ3n) is 3.12. The van der Waals surface area contributed by atoms with E-state index in [4.69, 9.17) is 4.74 Å². The Morgan fingerprint density at radius 2 is 1.72 bits per heavy atom. The number of aldehydes is 1. The molecule has 1 aliphatic heterocycles. The number of ether oxygens (including phenoxy) is 1. The van der Waals surface area contributed by atoms with Crippen LogP contribution in [0.15, 0.2) is 0 Å². The van der Waals surface area contributed by atoms with Crippen LogP contribution in [0.25, 0.3) is 0 Å². The van der Waals surface area contributed by atoms with Gasteiger partial charge in [0.15, 0.2) is 23.5 Å². The average Bonchev–Trinajstić information content (AvgIpc) is 2.36. The van der Waals surface area contributed by atoms with E-state index in [1.165, 1.54) is 13.8 Å². The van der Waals surface area contributed by atoms with E-state index in [2.05, 4.69) is 0 Å². The second kappa shape index (κ2) is 5.30. The highest BCUT2D eigenvalue weighted by Crippen LogP contribution is 2.31. The molecule has 1 rings (SSSR count). The first-order chi connectivity index (χ1) is 8.35. The van der Waals surface area contributed by atoms with Crippen molar-refractivity contribution in [1.82, 2.24) is 0 Å². The first kappa shape index (κ1) is 14.4. The number of hydrogen-bond donors (Lipinski definition) is 0. The van der Waals surface area contributed by atoms with Crippen molar-refractivity contribution in [2.75, 3.05) is 0 Å². The van der Waals surface area contributed by atoms with Crippen LogP contribution in [0.1, 0.15) is 33.1 Å². The summed E-state index contributed by atoms with van der Waals surface area (Å²) in [4.78, 5) is 55.9. The Morgan fingerprint density at radius 3 is 2.17 bits per heavy atom. The fraction of sp³-hybridized carbons (Fsp3) is 0.583. The van der Waals surface area contributed by atoms with Crippen LogP contribution in [0.2, 0.25) is 0 Å². The average molecular weight is 254 g/mol. The monoisotopic (exact) mass is 254 g/mol. The van der Waals surface area contributed by atoms with Crippen molar-refractivity contribution in [1.29, 1.82) is 0 Å². The van der Waals surface area contributed by atoms with E-state index < -0.39 is 34.8 Å². The maximum Gasteiger partial charge on any atom is 0.263 e. The van der Waals surface area contributed by atoms with Gasteiger partial charge < -0.3 is 4.74 Å². The number of ketones is 4. The van der Waals surface area contributed by atoms with E-state index in [-0.39, 0.29) is 19.1 Å². The van der Waals surface area contributed by atoms with Crippen LogP contribution in [-0.2, 0) is 28.7 Å². The van der Waals surface area contributed by atoms with Crippen LogP contribution in [0.5, 0.6) is 0 Å². The summed E-state index contributed by atoms with van der Waals surface area (Å²) in [6.45, 7) is 2.41. The van der Waals surface area contributed by atoms with Gasteiger partial charge in [-0.1, -0.05) is 0 Å². The lowest BCUT2D eigenvalue weighted by atomic mass is 9.84. The summed E-state index contributed by atoms with van der Waals surface area (Å²) in [7, 11) is 0.